The van der Waals surface area contributed by atoms with Crippen molar-refractivity contribution in [2.45, 2.75) is 25.1 Å². The van der Waals surface area contributed by atoms with Gasteiger partial charge in [0, 0.05) is 24.7 Å². The first-order valence-electron chi connectivity index (χ1n) is 10.5. The number of aliphatic hydroxyl groups excluding tert-OH is 1. The Morgan fingerprint density at radius 1 is 0.968 bits per heavy atom. The van der Waals surface area contributed by atoms with Crippen LogP contribution in [0.4, 0.5) is 0 Å². The second-order valence-electron chi connectivity index (χ2n) is 7.73. The van der Waals surface area contributed by atoms with Crippen LogP contribution in [0.1, 0.15) is 21.5 Å². The number of hydrogen-bond donors (Lipinski definition) is 2. The lowest BCUT2D eigenvalue weighted by Gasteiger charge is -2.28. The van der Waals surface area contributed by atoms with Gasteiger partial charge in [-0.25, -0.2) is 0 Å². The van der Waals surface area contributed by atoms with E-state index >= 15 is 0 Å². The van der Waals surface area contributed by atoms with Crippen molar-refractivity contribution < 1.29 is 14.6 Å². The molecule has 0 saturated heterocycles. The van der Waals surface area contributed by atoms with E-state index in [1.54, 1.807) is 7.11 Å². The molecule has 0 spiro atoms. The number of ether oxygens (including phenoxy) is 1. The number of carbonyl (C=O) groups excluding carboxylic acids is 1. The summed E-state index contributed by atoms with van der Waals surface area (Å²) in [6, 6.07) is 26.4. The largest absolute Gasteiger partial charge is 0.497 e. The third-order valence-corrected chi connectivity index (χ3v) is 5.26. The number of Topliss-reactive ketones (excluding diaryl/α,β-unsaturated/α-hetero) is 1. The Labute approximate surface area is 184 Å². The van der Waals surface area contributed by atoms with E-state index in [9.17, 15) is 9.90 Å². The summed E-state index contributed by atoms with van der Waals surface area (Å²) in [5.74, 6) is 0.764. The summed E-state index contributed by atoms with van der Waals surface area (Å²) in [5, 5.41) is 10.8. The minimum Gasteiger partial charge on any atom is -0.497 e. The van der Waals surface area contributed by atoms with Crippen LogP contribution in [0.15, 0.2) is 84.9 Å². The lowest BCUT2D eigenvalue weighted by atomic mass is 10.0. The highest BCUT2D eigenvalue weighted by atomic mass is 16.5. The van der Waals surface area contributed by atoms with Crippen molar-refractivity contribution in [3.8, 4) is 5.75 Å². The number of ketones is 1. The van der Waals surface area contributed by atoms with Gasteiger partial charge in [-0.3, -0.25) is 9.69 Å². The zero-order valence-corrected chi connectivity index (χ0v) is 17.9. The molecule has 5 nitrogen and oxygen atoms in total. The molecule has 0 aliphatic rings. The number of benzene rings is 3. The highest BCUT2D eigenvalue weighted by Crippen LogP contribution is 2.16. The lowest BCUT2D eigenvalue weighted by molar-refractivity contribution is 0.0743. The number of nitrogens with zero attached hydrogens (tertiary/aromatic N) is 1. The molecule has 0 aliphatic carbocycles. The van der Waals surface area contributed by atoms with E-state index in [0.29, 0.717) is 25.1 Å². The van der Waals surface area contributed by atoms with Gasteiger partial charge in [0.2, 0.25) is 0 Å². The quantitative estimate of drug-likeness (QED) is 0.467. The van der Waals surface area contributed by atoms with E-state index in [4.69, 9.17) is 10.5 Å². The molecule has 0 bridgehead atoms. The van der Waals surface area contributed by atoms with Crippen molar-refractivity contribution >= 4 is 5.78 Å². The number of aliphatic hydroxyl groups is 1. The molecule has 2 atom stereocenters. The molecule has 3 aromatic carbocycles. The van der Waals surface area contributed by atoms with Crippen molar-refractivity contribution in [3.05, 3.63) is 102 Å². The molecule has 162 valence electrons. The van der Waals surface area contributed by atoms with Crippen molar-refractivity contribution in [1.82, 2.24) is 4.90 Å². The van der Waals surface area contributed by atoms with Crippen LogP contribution >= 0.6 is 0 Å². The predicted octanol–water partition coefficient (Wildman–Crippen LogP) is 3.31. The van der Waals surface area contributed by atoms with Gasteiger partial charge in [0.1, 0.15) is 5.75 Å². The molecule has 0 amide bonds. The number of hydrogen-bond acceptors (Lipinski definition) is 5. The second-order valence-corrected chi connectivity index (χ2v) is 7.73. The molecule has 31 heavy (non-hydrogen) atoms. The molecule has 3 aromatic rings. The highest BCUT2D eigenvalue weighted by molar-refractivity contribution is 5.97. The van der Waals surface area contributed by atoms with Crippen LogP contribution in [0.3, 0.4) is 0 Å². The summed E-state index contributed by atoms with van der Waals surface area (Å²) in [5.41, 5.74) is 9.03. The topological polar surface area (TPSA) is 75.8 Å². The second kappa shape index (κ2) is 11.4. The molecule has 0 unspecified atom stereocenters. The molecule has 3 N–H and O–H groups in total. The standard InChI is InChI=1S/C26H30N2O3/c1-31-23-14-8-11-21(15-23)17-28(18-25(29)22-12-6-3-7-13-22)19-26(30)24(27)16-20-9-4-2-5-10-20/h2-15,24,26,30H,16-19,27H2,1H3/t24-,26+/m0/s1. The number of rotatable bonds is 11. The Bertz CT molecular complexity index is 947. The average Bonchev–Trinajstić information content (AvgIpc) is 2.80. The molecule has 0 fully saturated rings. The Morgan fingerprint density at radius 3 is 2.29 bits per heavy atom. The van der Waals surface area contributed by atoms with E-state index in [-0.39, 0.29) is 12.3 Å². The van der Waals surface area contributed by atoms with Gasteiger partial charge in [0.05, 0.1) is 19.8 Å². The SMILES string of the molecule is COc1cccc(CN(CC(=O)c2ccccc2)C[C@@H](O)[C@@H](N)Cc2ccccc2)c1. The summed E-state index contributed by atoms with van der Waals surface area (Å²) in [4.78, 5) is 14.8. The minimum absolute atomic E-state index is 0.00678. The van der Waals surface area contributed by atoms with Gasteiger partial charge in [-0.2, -0.15) is 0 Å². The summed E-state index contributed by atoms with van der Waals surface area (Å²) < 4.78 is 5.32. The van der Waals surface area contributed by atoms with Crippen LogP contribution in [-0.4, -0.2) is 48.1 Å². The normalized spacial score (nSPS) is 13.0. The highest BCUT2D eigenvalue weighted by Gasteiger charge is 2.21. The molecule has 0 aromatic heterocycles. The lowest BCUT2D eigenvalue weighted by Crippen LogP contribution is -2.45. The Morgan fingerprint density at radius 2 is 1.61 bits per heavy atom. The van der Waals surface area contributed by atoms with Gasteiger partial charge >= 0.3 is 0 Å². The fourth-order valence-electron chi connectivity index (χ4n) is 3.55. The molecule has 0 saturated carbocycles. The Hall–Kier alpha value is -2.99. The predicted molar refractivity (Wildman–Crippen MR) is 123 cm³/mol. The van der Waals surface area contributed by atoms with Gasteiger partial charge < -0.3 is 15.6 Å². The van der Waals surface area contributed by atoms with Crippen molar-refractivity contribution in [2.24, 2.45) is 5.73 Å². The van der Waals surface area contributed by atoms with E-state index in [2.05, 4.69) is 0 Å². The zero-order valence-electron chi connectivity index (χ0n) is 17.9. The number of nitrogens with two attached hydrogens (primary N) is 1. The molecular formula is C26H30N2O3. The van der Waals surface area contributed by atoms with Crippen LogP contribution < -0.4 is 10.5 Å². The van der Waals surface area contributed by atoms with Gasteiger partial charge in [-0.05, 0) is 29.7 Å². The number of carbonyl (C=O) groups is 1. The minimum atomic E-state index is -0.769. The summed E-state index contributed by atoms with van der Waals surface area (Å²) in [6.45, 7) is 0.991. The summed E-state index contributed by atoms with van der Waals surface area (Å²) in [6.07, 6.45) is -0.198. The van der Waals surface area contributed by atoms with Crippen molar-refractivity contribution in [2.75, 3.05) is 20.2 Å². The fourth-order valence-corrected chi connectivity index (χ4v) is 3.55. The third kappa shape index (κ3) is 7.03. The van der Waals surface area contributed by atoms with E-state index in [1.807, 2.05) is 89.8 Å². The maximum atomic E-state index is 12.8. The maximum absolute atomic E-state index is 12.8. The van der Waals surface area contributed by atoms with Crippen LogP contribution in [0.5, 0.6) is 5.75 Å². The monoisotopic (exact) mass is 418 g/mol. The first-order valence-corrected chi connectivity index (χ1v) is 10.5. The van der Waals surface area contributed by atoms with Gasteiger partial charge in [-0.15, -0.1) is 0 Å². The van der Waals surface area contributed by atoms with Gasteiger partial charge in [-0.1, -0.05) is 72.8 Å². The molecular weight excluding hydrogens is 388 g/mol. The maximum Gasteiger partial charge on any atom is 0.176 e. The van der Waals surface area contributed by atoms with E-state index in [1.165, 1.54) is 0 Å². The zero-order chi connectivity index (χ0) is 22.1. The molecule has 0 heterocycles. The summed E-state index contributed by atoms with van der Waals surface area (Å²) >= 11 is 0. The smallest absolute Gasteiger partial charge is 0.176 e. The van der Waals surface area contributed by atoms with Gasteiger partial charge in [0.25, 0.3) is 0 Å². The molecule has 5 heteroatoms. The van der Waals surface area contributed by atoms with Crippen LogP contribution in [0.25, 0.3) is 0 Å². The van der Waals surface area contributed by atoms with Crippen molar-refractivity contribution in [1.29, 1.82) is 0 Å². The molecule has 3 rings (SSSR count). The summed E-state index contributed by atoms with van der Waals surface area (Å²) in [7, 11) is 1.63. The first-order chi connectivity index (χ1) is 15.0. The average molecular weight is 419 g/mol. The van der Waals surface area contributed by atoms with E-state index in [0.717, 1.165) is 16.9 Å². The van der Waals surface area contributed by atoms with Gasteiger partial charge in [0.15, 0.2) is 5.78 Å². The van der Waals surface area contributed by atoms with Crippen LogP contribution in [0, 0.1) is 0 Å². The first kappa shape index (κ1) is 22.7. The Balaban J connectivity index is 1.71. The molecule has 0 aliphatic heterocycles. The van der Waals surface area contributed by atoms with E-state index < -0.39 is 12.1 Å². The van der Waals surface area contributed by atoms with Crippen LogP contribution in [-0.2, 0) is 13.0 Å². The molecule has 0 radical (unpaired) electrons. The Kier molecular flexibility index (Phi) is 8.35. The van der Waals surface area contributed by atoms with Crippen molar-refractivity contribution in [3.63, 3.8) is 0 Å². The third-order valence-electron chi connectivity index (χ3n) is 5.26. The van der Waals surface area contributed by atoms with Crippen LogP contribution in [0.2, 0.25) is 0 Å². The fraction of sp³-hybridized carbons (Fsp3) is 0.269. The number of methoxy groups -OCH3 is 1.